The van der Waals surface area contributed by atoms with Gasteiger partial charge in [0.15, 0.2) is 0 Å². The lowest BCUT2D eigenvalue weighted by Gasteiger charge is -2.33. The number of hydrogen-bond donors (Lipinski definition) is 2. The summed E-state index contributed by atoms with van der Waals surface area (Å²) in [5, 5.41) is 5.62. The van der Waals surface area contributed by atoms with Crippen molar-refractivity contribution in [1.29, 1.82) is 0 Å². The van der Waals surface area contributed by atoms with Gasteiger partial charge in [0.2, 0.25) is 11.8 Å². The topological polar surface area (TPSA) is 87.7 Å². The zero-order valence-corrected chi connectivity index (χ0v) is 19.4. The van der Waals surface area contributed by atoms with Gasteiger partial charge in [0.05, 0.1) is 0 Å². The number of amides is 3. The van der Waals surface area contributed by atoms with E-state index in [9.17, 15) is 14.4 Å². The van der Waals surface area contributed by atoms with Crippen molar-refractivity contribution >= 4 is 17.9 Å². The first kappa shape index (κ1) is 24.7. The zero-order chi connectivity index (χ0) is 23.0. The third kappa shape index (κ3) is 7.89. The van der Waals surface area contributed by atoms with Gasteiger partial charge in [0.25, 0.3) is 0 Å². The van der Waals surface area contributed by atoms with Crippen LogP contribution in [-0.4, -0.2) is 47.0 Å². The van der Waals surface area contributed by atoms with E-state index in [2.05, 4.69) is 17.6 Å². The number of alkyl carbamates (subject to hydrolysis) is 1. The molecule has 7 nitrogen and oxygen atoms in total. The number of carbonyl (C=O) groups is 3. The van der Waals surface area contributed by atoms with Gasteiger partial charge in [-0.1, -0.05) is 50.1 Å². The smallest absolute Gasteiger partial charge is 0.408 e. The Bertz CT molecular complexity index is 741. The fraction of sp³-hybridized carbons (Fsp3) is 0.625. The van der Waals surface area contributed by atoms with Crippen LogP contribution in [0.3, 0.4) is 0 Å². The molecule has 1 aliphatic rings. The molecule has 0 spiro atoms. The van der Waals surface area contributed by atoms with Gasteiger partial charge in [0.1, 0.15) is 17.7 Å². The maximum Gasteiger partial charge on any atom is 0.408 e. The van der Waals surface area contributed by atoms with Gasteiger partial charge in [-0.2, -0.15) is 0 Å². The lowest BCUT2D eigenvalue weighted by molar-refractivity contribution is -0.142. The minimum absolute atomic E-state index is 0.0121. The van der Waals surface area contributed by atoms with E-state index in [4.69, 9.17) is 4.74 Å². The van der Waals surface area contributed by atoms with Gasteiger partial charge < -0.3 is 20.3 Å². The van der Waals surface area contributed by atoms with Crippen molar-refractivity contribution in [2.24, 2.45) is 0 Å². The average molecular weight is 432 g/mol. The molecule has 31 heavy (non-hydrogen) atoms. The Kier molecular flexibility index (Phi) is 8.89. The molecule has 0 heterocycles. The van der Waals surface area contributed by atoms with Crippen molar-refractivity contribution in [2.45, 2.75) is 90.4 Å². The molecule has 1 aliphatic carbocycles. The Morgan fingerprint density at radius 2 is 1.77 bits per heavy atom. The summed E-state index contributed by atoms with van der Waals surface area (Å²) in [5.41, 5.74) is 0.105. The Morgan fingerprint density at radius 3 is 2.32 bits per heavy atom. The van der Waals surface area contributed by atoms with Crippen LogP contribution in [0.5, 0.6) is 0 Å². The summed E-state index contributed by atoms with van der Waals surface area (Å²) in [7, 11) is 0. The fourth-order valence-electron chi connectivity index (χ4n) is 3.40. The van der Waals surface area contributed by atoms with Crippen LogP contribution >= 0.6 is 0 Å². The number of ether oxygens (including phenoxy) is 1. The minimum Gasteiger partial charge on any atom is -0.444 e. The van der Waals surface area contributed by atoms with Crippen LogP contribution in [0.1, 0.15) is 78.3 Å². The molecule has 0 radical (unpaired) electrons. The molecule has 0 saturated heterocycles. The summed E-state index contributed by atoms with van der Waals surface area (Å²) in [6.07, 6.45) is 4.05. The predicted molar refractivity (Wildman–Crippen MR) is 120 cm³/mol. The van der Waals surface area contributed by atoms with Crippen LogP contribution in [0.15, 0.2) is 30.3 Å². The van der Waals surface area contributed by atoms with Gasteiger partial charge in [-0.15, -0.1) is 0 Å². The Morgan fingerprint density at radius 1 is 1.13 bits per heavy atom. The third-order valence-electron chi connectivity index (χ3n) is 5.02. The second-order valence-electron chi connectivity index (χ2n) is 9.16. The standard InChI is InChI=1S/C24H37N3O4/c1-6-7-11-16-25-21(28)20(18-12-9-8-10-13-18)27(19-14-15-19)22(29)17(2)26-23(30)31-24(3,4)5/h8-10,12-13,17,19-20H,6-7,11,14-16H2,1-5H3,(H,25,28)(H,26,30). The molecular weight excluding hydrogens is 394 g/mol. The van der Waals surface area contributed by atoms with E-state index in [-0.39, 0.29) is 17.9 Å². The van der Waals surface area contributed by atoms with Crippen LogP contribution in [0.4, 0.5) is 4.79 Å². The quantitative estimate of drug-likeness (QED) is 0.549. The van der Waals surface area contributed by atoms with Gasteiger partial charge in [-0.3, -0.25) is 9.59 Å². The number of unbranched alkanes of at least 4 members (excludes halogenated alkanes) is 2. The molecule has 0 aliphatic heterocycles. The maximum atomic E-state index is 13.4. The van der Waals surface area contributed by atoms with E-state index < -0.39 is 23.8 Å². The first-order chi connectivity index (χ1) is 14.6. The normalized spacial score (nSPS) is 15.5. The summed E-state index contributed by atoms with van der Waals surface area (Å²) < 4.78 is 5.28. The maximum absolute atomic E-state index is 13.4. The number of nitrogens with one attached hydrogen (secondary N) is 2. The first-order valence-electron chi connectivity index (χ1n) is 11.3. The molecule has 2 atom stereocenters. The van der Waals surface area contributed by atoms with Crippen LogP contribution < -0.4 is 10.6 Å². The highest BCUT2D eigenvalue weighted by Gasteiger charge is 2.43. The summed E-state index contributed by atoms with van der Waals surface area (Å²) in [5.74, 6) is -0.474. The molecule has 0 bridgehead atoms. The van der Waals surface area contributed by atoms with Crippen molar-refractivity contribution in [3.05, 3.63) is 35.9 Å². The molecular formula is C24H37N3O4. The van der Waals surface area contributed by atoms with Gasteiger partial charge in [0, 0.05) is 12.6 Å². The van der Waals surface area contributed by atoms with E-state index in [1.54, 1.807) is 32.6 Å². The monoisotopic (exact) mass is 431 g/mol. The molecule has 1 aromatic rings. The summed E-state index contributed by atoms with van der Waals surface area (Å²) in [6, 6.07) is 7.79. The van der Waals surface area contributed by atoms with Crippen LogP contribution in [0.25, 0.3) is 0 Å². The second kappa shape index (κ2) is 11.2. The SMILES string of the molecule is CCCCCNC(=O)C(c1ccccc1)N(C(=O)C(C)NC(=O)OC(C)(C)C)C1CC1. The number of nitrogens with zero attached hydrogens (tertiary/aromatic N) is 1. The van der Waals surface area contributed by atoms with Crippen molar-refractivity contribution in [1.82, 2.24) is 15.5 Å². The lowest BCUT2D eigenvalue weighted by atomic mass is 10.0. The van der Waals surface area contributed by atoms with E-state index in [1.807, 2.05) is 30.3 Å². The molecule has 1 saturated carbocycles. The molecule has 7 heteroatoms. The molecule has 3 amide bonds. The highest BCUT2D eigenvalue weighted by molar-refractivity contribution is 5.92. The number of carbonyl (C=O) groups excluding carboxylic acids is 3. The van der Waals surface area contributed by atoms with Gasteiger partial charge >= 0.3 is 6.09 Å². The third-order valence-corrected chi connectivity index (χ3v) is 5.02. The van der Waals surface area contributed by atoms with Crippen molar-refractivity contribution in [3.8, 4) is 0 Å². The van der Waals surface area contributed by atoms with Gasteiger partial charge in [-0.25, -0.2) is 4.79 Å². The Labute approximate surface area is 185 Å². The molecule has 2 rings (SSSR count). The molecule has 2 unspecified atom stereocenters. The molecule has 1 aromatic carbocycles. The molecule has 172 valence electrons. The van der Waals surface area contributed by atoms with E-state index in [1.165, 1.54) is 0 Å². The summed E-state index contributed by atoms with van der Waals surface area (Å²) in [4.78, 5) is 40.4. The van der Waals surface area contributed by atoms with Crippen molar-refractivity contribution in [2.75, 3.05) is 6.54 Å². The van der Waals surface area contributed by atoms with Crippen LogP contribution in [-0.2, 0) is 14.3 Å². The van der Waals surface area contributed by atoms with Crippen molar-refractivity contribution < 1.29 is 19.1 Å². The average Bonchev–Trinajstić information content (AvgIpc) is 3.52. The minimum atomic E-state index is -0.811. The van der Waals surface area contributed by atoms with Crippen LogP contribution in [0, 0.1) is 0 Å². The van der Waals surface area contributed by atoms with Crippen LogP contribution in [0.2, 0.25) is 0 Å². The highest BCUT2D eigenvalue weighted by atomic mass is 16.6. The number of benzene rings is 1. The number of hydrogen-bond acceptors (Lipinski definition) is 4. The largest absolute Gasteiger partial charge is 0.444 e. The molecule has 0 aromatic heterocycles. The van der Waals surface area contributed by atoms with E-state index in [0.717, 1.165) is 37.7 Å². The number of rotatable bonds is 10. The highest BCUT2D eigenvalue weighted by Crippen LogP contribution is 2.35. The second-order valence-corrected chi connectivity index (χ2v) is 9.16. The summed E-state index contributed by atoms with van der Waals surface area (Å²) in [6.45, 7) is 9.62. The molecule has 2 N–H and O–H groups in total. The zero-order valence-electron chi connectivity index (χ0n) is 19.4. The fourth-order valence-corrected chi connectivity index (χ4v) is 3.40. The van der Waals surface area contributed by atoms with Gasteiger partial charge in [-0.05, 0) is 52.5 Å². The molecule has 1 fully saturated rings. The Balaban J connectivity index is 2.20. The van der Waals surface area contributed by atoms with Crippen molar-refractivity contribution in [3.63, 3.8) is 0 Å². The predicted octanol–water partition coefficient (Wildman–Crippen LogP) is 3.94. The summed E-state index contributed by atoms with van der Waals surface area (Å²) >= 11 is 0. The lowest BCUT2D eigenvalue weighted by Crippen LogP contribution is -2.52. The first-order valence-corrected chi connectivity index (χ1v) is 11.3. The van der Waals surface area contributed by atoms with E-state index in [0.29, 0.717) is 6.54 Å². The Hall–Kier alpha value is -2.57. The van der Waals surface area contributed by atoms with E-state index >= 15 is 0 Å².